The maximum atomic E-state index is 5.19. The Balaban J connectivity index is 1.21. The van der Waals surface area contributed by atoms with Gasteiger partial charge in [-0.1, -0.05) is 0 Å². The smallest absolute Gasteiger partial charge is 0.123 e. The van der Waals surface area contributed by atoms with Crippen LogP contribution in [0.2, 0.25) is 0 Å². The van der Waals surface area contributed by atoms with Crippen LogP contribution < -0.4 is 10.6 Å². The van der Waals surface area contributed by atoms with Crippen molar-refractivity contribution in [2.45, 2.75) is 38.3 Å². The summed E-state index contributed by atoms with van der Waals surface area (Å²) in [6.07, 6.45) is 13.9. The van der Waals surface area contributed by atoms with Gasteiger partial charge >= 0.3 is 0 Å². The predicted octanol–water partition coefficient (Wildman–Crippen LogP) is 3.43. The van der Waals surface area contributed by atoms with Gasteiger partial charge in [-0.25, -0.2) is 0 Å². The normalized spacial score (nSPS) is 19.5. The summed E-state index contributed by atoms with van der Waals surface area (Å²) >= 11 is 0. The fourth-order valence-electron chi connectivity index (χ4n) is 4.56. The number of nitrogens with one attached hydrogen (secondary N) is 3. The minimum absolute atomic E-state index is 0.560. The summed E-state index contributed by atoms with van der Waals surface area (Å²) in [5, 5.41) is 16.4. The van der Waals surface area contributed by atoms with Crippen LogP contribution in [0.5, 0.6) is 0 Å². The second kappa shape index (κ2) is 8.85. The van der Waals surface area contributed by atoms with E-state index in [0.717, 1.165) is 31.7 Å². The molecule has 3 aromatic heterocycles. The molecule has 1 fully saturated rings. The first-order chi connectivity index (χ1) is 14.9. The maximum Gasteiger partial charge on any atom is 0.123 e. The van der Waals surface area contributed by atoms with Crippen molar-refractivity contribution in [3.05, 3.63) is 66.8 Å². The highest BCUT2D eigenvalue weighted by molar-refractivity contribution is 5.85. The van der Waals surface area contributed by atoms with Crippen LogP contribution in [0, 0.1) is 5.92 Å². The molecule has 0 radical (unpaired) electrons. The molecule has 0 saturated carbocycles. The Labute approximate surface area is 175 Å². The summed E-state index contributed by atoms with van der Waals surface area (Å²) in [7, 11) is 0. The van der Waals surface area contributed by atoms with Gasteiger partial charge in [-0.05, 0) is 74.5 Å². The maximum absolute atomic E-state index is 5.19. The topological polar surface area (TPSA) is 83.7 Å². The average molecular weight is 405 g/mol. The van der Waals surface area contributed by atoms with Crippen LogP contribution in [-0.4, -0.2) is 38.9 Å². The number of nitrogens with zero attached hydrogens (tertiary/aromatic N) is 3. The molecule has 1 aromatic carbocycles. The molecule has 1 saturated heterocycles. The number of benzene rings is 1. The molecule has 2 atom stereocenters. The lowest BCUT2D eigenvalue weighted by atomic mass is 9.88. The molecule has 2 unspecified atom stereocenters. The third-order valence-corrected chi connectivity index (χ3v) is 6.25. The monoisotopic (exact) mass is 404 g/mol. The van der Waals surface area contributed by atoms with Crippen LogP contribution in [0.15, 0.2) is 60.1 Å². The summed E-state index contributed by atoms with van der Waals surface area (Å²) in [4.78, 5) is 3.42. The number of aromatic amines is 1. The molecule has 3 N–H and O–H groups in total. The Morgan fingerprint density at radius 3 is 3.00 bits per heavy atom. The molecule has 0 bridgehead atoms. The summed E-state index contributed by atoms with van der Waals surface area (Å²) in [5.41, 5.74) is 4.87. The lowest BCUT2D eigenvalue weighted by Gasteiger charge is -2.33. The van der Waals surface area contributed by atoms with Gasteiger partial charge in [0.1, 0.15) is 12.7 Å². The molecule has 4 heterocycles. The average Bonchev–Trinajstić information content (AvgIpc) is 3.55. The fourth-order valence-corrected chi connectivity index (χ4v) is 4.56. The summed E-state index contributed by atoms with van der Waals surface area (Å²) in [6.45, 7) is 3.06. The molecular weight excluding hydrogens is 376 g/mol. The third-order valence-electron chi connectivity index (χ3n) is 6.25. The van der Waals surface area contributed by atoms with Crippen molar-refractivity contribution in [3.63, 3.8) is 0 Å². The first kappa shape index (κ1) is 19.1. The number of rotatable bonds is 8. The van der Waals surface area contributed by atoms with E-state index in [1.807, 2.05) is 16.9 Å². The summed E-state index contributed by atoms with van der Waals surface area (Å²) in [6, 6.07) is 9.05. The Hall–Kier alpha value is -2.90. The number of hydrogen-bond acceptors (Lipinski definition) is 5. The number of aryl methyl sites for hydroxylation is 1. The predicted molar refractivity (Wildman–Crippen MR) is 116 cm³/mol. The van der Waals surface area contributed by atoms with Crippen molar-refractivity contribution in [1.82, 2.24) is 30.4 Å². The van der Waals surface area contributed by atoms with Gasteiger partial charge in [0.05, 0.1) is 12.5 Å². The zero-order valence-electron chi connectivity index (χ0n) is 17.1. The van der Waals surface area contributed by atoms with Gasteiger partial charge < -0.3 is 20.0 Å². The molecule has 0 amide bonds. The highest BCUT2D eigenvalue weighted by atomic mass is 16.3. The van der Waals surface area contributed by atoms with E-state index >= 15 is 0 Å². The van der Waals surface area contributed by atoms with Crippen molar-refractivity contribution in [3.8, 4) is 5.69 Å². The molecule has 4 aromatic rings. The molecule has 5 rings (SSSR count). The van der Waals surface area contributed by atoms with Gasteiger partial charge in [-0.3, -0.25) is 4.57 Å². The van der Waals surface area contributed by atoms with E-state index in [9.17, 15) is 0 Å². The van der Waals surface area contributed by atoms with Gasteiger partial charge in [0.15, 0.2) is 0 Å². The molecule has 156 valence electrons. The minimum Gasteiger partial charge on any atom is -0.472 e. The minimum atomic E-state index is 0.560. The largest absolute Gasteiger partial charge is 0.472 e. The van der Waals surface area contributed by atoms with E-state index in [4.69, 9.17) is 4.42 Å². The Bertz CT molecular complexity index is 1050. The number of furan rings is 1. The zero-order valence-corrected chi connectivity index (χ0v) is 17.1. The highest BCUT2D eigenvalue weighted by Crippen LogP contribution is 2.25. The third kappa shape index (κ3) is 4.17. The molecule has 7 nitrogen and oxygen atoms in total. The quantitative estimate of drug-likeness (QED) is 0.419. The van der Waals surface area contributed by atoms with E-state index in [0.29, 0.717) is 12.0 Å². The Morgan fingerprint density at radius 2 is 2.13 bits per heavy atom. The van der Waals surface area contributed by atoms with Crippen LogP contribution in [0.3, 0.4) is 0 Å². The summed E-state index contributed by atoms with van der Waals surface area (Å²) in [5.74, 6) is 0.656. The first-order valence-corrected chi connectivity index (χ1v) is 10.8. The van der Waals surface area contributed by atoms with Crippen LogP contribution in [0.25, 0.3) is 16.6 Å². The van der Waals surface area contributed by atoms with Crippen molar-refractivity contribution >= 4 is 10.9 Å². The van der Waals surface area contributed by atoms with E-state index in [2.05, 4.69) is 50.2 Å². The second-order valence-corrected chi connectivity index (χ2v) is 8.18. The molecule has 0 aliphatic carbocycles. The van der Waals surface area contributed by atoms with Crippen molar-refractivity contribution in [2.24, 2.45) is 5.92 Å². The van der Waals surface area contributed by atoms with Crippen LogP contribution in [0.4, 0.5) is 0 Å². The Kier molecular flexibility index (Phi) is 5.63. The number of piperidine rings is 1. The zero-order chi connectivity index (χ0) is 20.2. The summed E-state index contributed by atoms with van der Waals surface area (Å²) < 4.78 is 7.14. The van der Waals surface area contributed by atoms with Crippen LogP contribution in [-0.2, 0) is 13.0 Å². The molecule has 30 heavy (non-hydrogen) atoms. The van der Waals surface area contributed by atoms with Gasteiger partial charge in [-0.2, -0.15) is 0 Å². The van der Waals surface area contributed by atoms with E-state index in [-0.39, 0.29) is 0 Å². The lowest BCUT2D eigenvalue weighted by Crippen LogP contribution is -2.47. The SMILES string of the molecule is c1cc(CNC2CCNCC2CCCc2c[nH]c3ccc(-n4cnnc4)cc23)co1. The van der Waals surface area contributed by atoms with Crippen LogP contribution in [0.1, 0.15) is 30.4 Å². The van der Waals surface area contributed by atoms with E-state index in [1.165, 1.54) is 41.3 Å². The van der Waals surface area contributed by atoms with Crippen molar-refractivity contribution in [1.29, 1.82) is 0 Å². The van der Waals surface area contributed by atoms with Crippen molar-refractivity contribution < 1.29 is 4.42 Å². The number of H-pyrrole nitrogens is 1. The Morgan fingerprint density at radius 1 is 1.20 bits per heavy atom. The van der Waals surface area contributed by atoms with Gasteiger partial charge in [0.2, 0.25) is 0 Å². The first-order valence-electron chi connectivity index (χ1n) is 10.8. The van der Waals surface area contributed by atoms with Crippen LogP contribution >= 0.6 is 0 Å². The standard InChI is InChI=1S/C23H28N6O/c1(3-19-12-24-8-6-22(19)25-11-17-7-9-30-14-17)2-18-13-26-23-5-4-20(10-21(18)23)29-15-27-28-16-29/h4-5,7,9-10,13-16,19,22,24-26H,1-3,6,8,11-12H2. The highest BCUT2D eigenvalue weighted by Gasteiger charge is 2.24. The fraction of sp³-hybridized carbons (Fsp3) is 0.391. The van der Waals surface area contributed by atoms with E-state index < -0.39 is 0 Å². The number of hydrogen-bond donors (Lipinski definition) is 3. The van der Waals surface area contributed by atoms with Crippen molar-refractivity contribution in [2.75, 3.05) is 13.1 Å². The molecule has 7 heteroatoms. The number of aromatic nitrogens is 4. The molecule has 1 aliphatic heterocycles. The molecule has 1 aliphatic rings. The molecular formula is C23H28N6O. The lowest BCUT2D eigenvalue weighted by molar-refractivity contribution is 0.259. The van der Waals surface area contributed by atoms with Gasteiger partial charge in [0, 0.05) is 40.9 Å². The van der Waals surface area contributed by atoms with E-state index in [1.54, 1.807) is 18.9 Å². The van der Waals surface area contributed by atoms with Gasteiger partial charge in [0.25, 0.3) is 0 Å². The van der Waals surface area contributed by atoms with Gasteiger partial charge in [-0.15, -0.1) is 10.2 Å². The number of fused-ring (bicyclic) bond motifs is 1. The molecule has 0 spiro atoms. The second-order valence-electron chi connectivity index (χ2n) is 8.18.